The Kier molecular flexibility index (Phi) is 7.70. The lowest BCUT2D eigenvalue weighted by atomic mass is 10.1. The Morgan fingerprint density at radius 2 is 1.52 bits per heavy atom. The second-order valence-electron chi connectivity index (χ2n) is 6.11. The third-order valence-electron chi connectivity index (χ3n) is 4.24. The Morgan fingerprint density at radius 1 is 0.931 bits per heavy atom. The average Bonchev–Trinajstić information content (AvgIpc) is 2.76. The van der Waals surface area contributed by atoms with Crippen LogP contribution >= 0.6 is 0 Å². The molecule has 0 spiro atoms. The van der Waals surface area contributed by atoms with Gasteiger partial charge < -0.3 is 18.9 Å². The maximum atomic E-state index is 12.4. The summed E-state index contributed by atoms with van der Waals surface area (Å²) >= 11 is 0. The van der Waals surface area contributed by atoms with Gasteiger partial charge in [-0.05, 0) is 43.2 Å². The normalized spacial score (nSPS) is 11.2. The van der Waals surface area contributed by atoms with E-state index in [4.69, 9.17) is 18.9 Å². The van der Waals surface area contributed by atoms with Crippen LogP contribution in [0.3, 0.4) is 0 Å². The molecule has 156 valence electrons. The number of hydrogen-bond donors (Lipinski definition) is 2. The zero-order chi connectivity index (χ0) is 21.4. The van der Waals surface area contributed by atoms with E-state index < -0.39 is 17.9 Å². The van der Waals surface area contributed by atoms with Crippen molar-refractivity contribution in [2.24, 2.45) is 0 Å². The van der Waals surface area contributed by atoms with Gasteiger partial charge in [0.25, 0.3) is 11.8 Å². The molecule has 29 heavy (non-hydrogen) atoms. The molecule has 0 heterocycles. The molecule has 0 radical (unpaired) electrons. The van der Waals surface area contributed by atoms with Crippen molar-refractivity contribution >= 4 is 11.8 Å². The van der Waals surface area contributed by atoms with Crippen molar-refractivity contribution in [3.05, 3.63) is 47.5 Å². The molecular formula is C21H26N2O6. The van der Waals surface area contributed by atoms with Gasteiger partial charge in [0.2, 0.25) is 5.75 Å². The van der Waals surface area contributed by atoms with E-state index in [9.17, 15) is 9.59 Å². The van der Waals surface area contributed by atoms with Gasteiger partial charge in [-0.2, -0.15) is 0 Å². The van der Waals surface area contributed by atoms with Gasteiger partial charge in [-0.1, -0.05) is 19.1 Å². The minimum absolute atomic E-state index is 0.225. The first-order chi connectivity index (χ1) is 13.9. The fourth-order valence-electron chi connectivity index (χ4n) is 2.57. The minimum atomic E-state index is -0.803. The van der Waals surface area contributed by atoms with Crippen molar-refractivity contribution in [3.8, 4) is 23.0 Å². The molecule has 0 fully saturated rings. The molecule has 0 aliphatic carbocycles. The first-order valence-corrected chi connectivity index (χ1v) is 9.09. The molecule has 2 rings (SSSR count). The molecule has 2 N–H and O–H groups in total. The molecule has 0 saturated carbocycles. The molecule has 0 aliphatic rings. The van der Waals surface area contributed by atoms with Crippen molar-refractivity contribution in [2.45, 2.75) is 26.4 Å². The van der Waals surface area contributed by atoms with E-state index in [2.05, 4.69) is 17.8 Å². The highest BCUT2D eigenvalue weighted by molar-refractivity contribution is 5.97. The van der Waals surface area contributed by atoms with E-state index in [-0.39, 0.29) is 5.56 Å². The Hall–Kier alpha value is -3.42. The number of rotatable bonds is 8. The van der Waals surface area contributed by atoms with Crippen LogP contribution in [0.2, 0.25) is 0 Å². The van der Waals surface area contributed by atoms with Gasteiger partial charge in [-0.15, -0.1) is 0 Å². The van der Waals surface area contributed by atoms with Crippen molar-refractivity contribution in [1.29, 1.82) is 0 Å². The van der Waals surface area contributed by atoms with Crippen LogP contribution in [0.4, 0.5) is 0 Å². The quantitative estimate of drug-likeness (QED) is 0.659. The first kappa shape index (κ1) is 21.9. The number of hydrogen-bond acceptors (Lipinski definition) is 6. The molecule has 0 unspecified atom stereocenters. The summed E-state index contributed by atoms with van der Waals surface area (Å²) in [5.74, 6) is 0.557. The summed E-state index contributed by atoms with van der Waals surface area (Å²) < 4.78 is 21.3. The van der Waals surface area contributed by atoms with Gasteiger partial charge >= 0.3 is 0 Å². The van der Waals surface area contributed by atoms with E-state index in [1.165, 1.54) is 39.0 Å². The Labute approximate surface area is 170 Å². The highest BCUT2D eigenvalue weighted by atomic mass is 16.5. The lowest BCUT2D eigenvalue weighted by Crippen LogP contribution is -2.47. The SMILES string of the molecule is CCc1ccc(O[C@H](C)C(=O)NNC(=O)c2cc(OC)c(OC)c(OC)c2)cc1. The van der Waals surface area contributed by atoms with Gasteiger partial charge in [0.05, 0.1) is 21.3 Å². The van der Waals surface area contributed by atoms with E-state index in [0.29, 0.717) is 23.0 Å². The van der Waals surface area contributed by atoms with Crippen molar-refractivity contribution in [2.75, 3.05) is 21.3 Å². The molecule has 0 bridgehead atoms. The minimum Gasteiger partial charge on any atom is -0.493 e. The standard InChI is InChI=1S/C21H26N2O6/c1-6-14-7-9-16(10-8-14)29-13(2)20(24)22-23-21(25)15-11-17(26-3)19(28-5)18(12-15)27-4/h7-13H,6H2,1-5H3,(H,22,24)(H,23,25)/t13-/m1/s1. The van der Waals surface area contributed by atoms with Crippen molar-refractivity contribution < 1.29 is 28.5 Å². The van der Waals surface area contributed by atoms with Gasteiger partial charge in [0.15, 0.2) is 17.6 Å². The average molecular weight is 402 g/mol. The number of carbonyl (C=O) groups is 2. The third kappa shape index (κ3) is 5.54. The van der Waals surface area contributed by atoms with Crippen LogP contribution in [0, 0.1) is 0 Å². The molecule has 2 aromatic carbocycles. The van der Waals surface area contributed by atoms with Crippen LogP contribution in [-0.4, -0.2) is 39.2 Å². The molecule has 2 aromatic rings. The molecule has 0 aromatic heterocycles. The molecule has 0 saturated heterocycles. The van der Waals surface area contributed by atoms with Crippen LogP contribution in [0.15, 0.2) is 36.4 Å². The van der Waals surface area contributed by atoms with Crippen LogP contribution in [0.5, 0.6) is 23.0 Å². The summed E-state index contributed by atoms with van der Waals surface area (Å²) in [6.45, 7) is 3.65. The summed E-state index contributed by atoms with van der Waals surface area (Å²) in [7, 11) is 4.37. The third-order valence-corrected chi connectivity index (χ3v) is 4.24. The number of nitrogens with one attached hydrogen (secondary N) is 2. The zero-order valence-corrected chi connectivity index (χ0v) is 17.2. The first-order valence-electron chi connectivity index (χ1n) is 9.09. The largest absolute Gasteiger partial charge is 0.493 e. The number of amides is 2. The van der Waals surface area contributed by atoms with E-state index in [0.717, 1.165) is 6.42 Å². The van der Waals surface area contributed by atoms with Crippen molar-refractivity contribution in [3.63, 3.8) is 0 Å². The number of benzene rings is 2. The summed E-state index contributed by atoms with van der Waals surface area (Å²) in [5, 5.41) is 0. The zero-order valence-electron chi connectivity index (χ0n) is 17.2. The molecule has 8 nitrogen and oxygen atoms in total. The van der Waals surface area contributed by atoms with E-state index in [1.54, 1.807) is 19.1 Å². The maximum Gasteiger partial charge on any atom is 0.279 e. The summed E-state index contributed by atoms with van der Waals surface area (Å²) in [4.78, 5) is 24.7. The van der Waals surface area contributed by atoms with Crippen molar-refractivity contribution in [1.82, 2.24) is 10.9 Å². The molecular weight excluding hydrogens is 376 g/mol. The van der Waals surface area contributed by atoms with Crippen LogP contribution in [-0.2, 0) is 11.2 Å². The molecule has 2 amide bonds. The number of aryl methyl sites for hydroxylation is 1. The topological polar surface area (TPSA) is 95.1 Å². The lowest BCUT2D eigenvalue weighted by Gasteiger charge is -2.16. The number of methoxy groups -OCH3 is 3. The monoisotopic (exact) mass is 402 g/mol. The van der Waals surface area contributed by atoms with E-state index in [1.807, 2.05) is 12.1 Å². The van der Waals surface area contributed by atoms with Gasteiger partial charge in [-0.25, -0.2) is 0 Å². The summed E-state index contributed by atoms with van der Waals surface area (Å²) in [5.41, 5.74) is 6.10. The fraction of sp³-hybridized carbons (Fsp3) is 0.333. The van der Waals surface area contributed by atoms with Gasteiger partial charge in [-0.3, -0.25) is 20.4 Å². The smallest absolute Gasteiger partial charge is 0.279 e. The number of ether oxygens (including phenoxy) is 4. The van der Waals surface area contributed by atoms with Crippen LogP contribution < -0.4 is 29.8 Å². The molecule has 0 aliphatic heterocycles. The Balaban J connectivity index is 1.99. The Bertz CT molecular complexity index is 826. The highest BCUT2D eigenvalue weighted by Gasteiger charge is 2.19. The number of carbonyl (C=O) groups excluding carboxylic acids is 2. The highest BCUT2D eigenvalue weighted by Crippen LogP contribution is 2.38. The summed E-state index contributed by atoms with van der Waals surface area (Å²) in [6.07, 6.45) is 0.117. The summed E-state index contributed by atoms with van der Waals surface area (Å²) in [6, 6.07) is 10.4. The molecule has 1 atom stereocenters. The predicted molar refractivity (Wildman–Crippen MR) is 108 cm³/mol. The predicted octanol–water partition coefficient (Wildman–Crippen LogP) is 2.50. The molecule has 8 heteroatoms. The van der Waals surface area contributed by atoms with Gasteiger partial charge in [0.1, 0.15) is 5.75 Å². The maximum absolute atomic E-state index is 12.4. The van der Waals surface area contributed by atoms with E-state index >= 15 is 0 Å². The van der Waals surface area contributed by atoms with Gasteiger partial charge in [0, 0.05) is 5.56 Å². The van der Waals surface area contributed by atoms with Crippen LogP contribution in [0.1, 0.15) is 29.8 Å². The Morgan fingerprint density at radius 3 is 2.00 bits per heavy atom. The second kappa shape index (κ2) is 10.2. The number of hydrazine groups is 1. The second-order valence-corrected chi connectivity index (χ2v) is 6.11. The fourth-order valence-corrected chi connectivity index (χ4v) is 2.57. The lowest BCUT2D eigenvalue weighted by molar-refractivity contribution is -0.128. The van der Waals surface area contributed by atoms with Crippen LogP contribution in [0.25, 0.3) is 0 Å².